The van der Waals surface area contributed by atoms with Gasteiger partial charge in [-0.3, -0.25) is 19.2 Å². The molecule has 2 bridgehead atoms. The van der Waals surface area contributed by atoms with Crippen molar-refractivity contribution in [3.8, 4) is 0 Å². The minimum Gasteiger partial charge on any atom is -0.394 e. The molecule has 5 heterocycles. The Hall–Kier alpha value is -1.38. The number of hydrogen-bond donors (Lipinski definition) is 2. The number of nitrogens with zero attached hydrogens (tertiary/aromatic N) is 2. The molecule has 6 atom stereocenters. The van der Waals surface area contributed by atoms with Gasteiger partial charge in [-0.1, -0.05) is 0 Å². The number of nitrogens with one attached hydrogen (secondary N) is 1. The minimum atomic E-state index is -3.57. The first kappa shape index (κ1) is 22.8. The van der Waals surface area contributed by atoms with E-state index in [1.54, 1.807) is 6.92 Å². The highest BCUT2D eigenvalue weighted by molar-refractivity contribution is 6.53. The largest absolute Gasteiger partial charge is 0.680 e. The number of ether oxygens (including phenoxy) is 1. The van der Waals surface area contributed by atoms with Crippen molar-refractivity contribution in [2.75, 3.05) is 26.2 Å². The second-order valence-electron chi connectivity index (χ2n) is 8.69. The van der Waals surface area contributed by atoms with E-state index in [0.717, 1.165) is 19.6 Å². The highest BCUT2D eigenvalue weighted by Gasteiger charge is 2.56. The lowest BCUT2D eigenvalue weighted by Gasteiger charge is -2.44. The number of aliphatic hydroxyl groups is 1. The number of aryl methyl sites for hydroxylation is 1. The van der Waals surface area contributed by atoms with Crippen molar-refractivity contribution in [3.63, 3.8) is 0 Å². The normalized spacial score (nSPS) is 41.0. The SMILES string of the molecule is Cc1cn([C@H]2C[C@H](O[Si]34OC(C)CN(CC(C)O3)CC(C)O4)[C@@H](CO)O2)c(=O)[nH]c1=O. The molecule has 1 aromatic rings. The van der Waals surface area contributed by atoms with Gasteiger partial charge in [-0.05, 0) is 27.7 Å². The van der Waals surface area contributed by atoms with E-state index in [1.165, 1.54) is 10.8 Å². The summed E-state index contributed by atoms with van der Waals surface area (Å²) in [6, 6.07) is 0. The number of aromatic nitrogens is 2. The zero-order chi connectivity index (χ0) is 22.3. The Morgan fingerprint density at radius 3 is 2.26 bits per heavy atom. The van der Waals surface area contributed by atoms with Gasteiger partial charge in [0, 0.05) is 37.8 Å². The third-order valence-electron chi connectivity index (χ3n) is 5.69. The van der Waals surface area contributed by atoms with Crippen LogP contribution >= 0.6 is 0 Å². The van der Waals surface area contributed by atoms with Gasteiger partial charge in [-0.2, -0.15) is 0 Å². The third kappa shape index (κ3) is 4.86. The fourth-order valence-corrected chi connectivity index (χ4v) is 7.13. The van der Waals surface area contributed by atoms with Crippen molar-refractivity contribution >= 4 is 9.05 Å². The molecule has 31 heavy (non-hydrogen) atoms. The molecule has 4 aliphatic heterocycles. The molecule has 4 fully saturated rings. The van der Waals surface area contributed by atoms with Gasteiger partial charge in [0.05, 0.1) is 31.0 Å². The smallest absolute Gasteiger partial charge is 0.394 e. The lowest BCUT2D eigenvalue weighted by atomic mass is 10.2. The van der Waals surface area contributed by atoms with E-state index >= 15 is 0 Å². The highest BCUT2D eigenvalue weighted by atomic mass is 28.4. The van der Waals surface area contributed by atoms with Crippen molar-refractivity contribution in [2.45, 2.75) is 70.9 Å². The minimum absolute atomic E-state index is 0.151. The first-order valence-corrected chi connectivity index (χ1v) is 12.3. The van der Waals surface area contributed by atoms with Gasteiger partial charge >= 0.3 is 14.7 Å². The molecule has 2 N–H and O–H groups in total. The molecule has 12 heteroatoms. The maximum Gasteiger partial charge on any atom is 0.680 e. The molecule has 4 aliphatic rings. The van der Waals surface area contributed by atoms with Crippen LogP contribution in [0.1, 0.15) is 39.0 Å². The second kappa shape index (κ2) is 8.87. The summed E-state index contributed by atoms with van der Waals surface area (Å²) in [6.45, 7) is 9.41. The van der Waals surface area contributed by atoms with E-state index < -0.39 is 38.7 Å². The van der Waals surface area contributed by atoms with Crippen molar-refractivity contribution in [2.24, 2.45) is 0 Å². The Labute approximate surface area is 181 Å². The molecule has 174 valence electrons. The lowest BCUT2D eigenvalue weighted by molar-refractivity contribution is -0.148. The molecule has 0 saturated carbocycles. The van der Waals surface area contributed by atoms with E-state index in [0.29, 0.717) is 5.56 Å². The summed E-state index contributed by atoms with van der Waals surface area (Å²) in [5.41, 5.74) is -0.635. The fourth-order valence-electron chi connectivity index (χ4n) is 4.48. The number of fused-ring (bicyclic) bond motifs is 6. The van der Waals surface area contributed by atoms with Crippen LogP contribution in [0.5, 0.6) is 0 Å². The summed E-state index contributed by atoms with van der Waals surface area (Å²) < 4.78 is 32.3. The third-order valence-corrected chi connectivity index (χ3v) is 8.36. The molecule has 3 unspecified atom stereocenters. The van der Waals surface area contributed by atoms with Crippen molar-refractivity contribution in [1.29, 1.82) is 0 Å². The van der Waals surface area contributed by atoms with Crippen molar-refractivity contribution in [3.05, 3.63) is 32.6 Å². The topological polar surface area (TPSA) is 124 Å². The van der Waals surface area contributed by atoms with Crippen LogP contribution in [0.2, 0.25) is 0 Å². The average molecular weight is 458 g/mol. The van der Waals surface area contributed by atoms with E-state index in [1.807, 2.05) is 20.8 Å². The Kier molecular flexibility index (Phi) is 6.52. The maximum atomic E-state index is 12.3. The van der Waals surface area contributed by atoms with E-state index in [-0.39, 0.29) is 31.3 Å². The summed E-state index contributed by atoms with van der Waals surface area (Å²) in [5.74, 6) is 0. The van der Waals surface area contributed by atoms with Gasteiger partial charge in [0.2, 0.25) is 0 Å². The molecule has 11 nitrogen and oxygen atoms in total. The summed E-state index contributed by atoms with van der Waals surface area (Å²) in [4.78, 5) is 28.5. The first-order valence-electron chi connectivity index (χ1n) is 10.7. The van der Waals surface area contributed by atoms with Crippen LogP contribution in [0, 0.1) is 6.92 Å². The molecule has 1 aromatic heterocycles. The highest BCUT2D eigenvalue weighted by Crippen LogP contribution is 2.34. The predicted octanol–water partition coefficient (Wildman–Crippen LogP) is -0.510. The standard InChI is InChI=1S/C19H31N3O8Si/c1-11-6-22(19(25)20-18(11)24)17-5-15(16(10-23)26-17)30-31-27-12(2)7-21(8-13(3)28-31)9-14(4)29-31/h6,12-17,23H,5,7-10H2,1-4H3,(H,20,24,25)/t12?,13?,14?,15-,16+,17+,31?/m0/s1. The Bertz CT molecular complexity index is 871. The van der Waals surface area contributed by atoms with Gasteiger partial charge in [-0.25, -0.2) is 4.79 Å². The molecule has 5 rings (SSSR count). The van der Waals surface area contributed by atoms with E-state index in [9.17, 15) is 14.7 Å². The number of rotatable bonds is 4. The van der Waals surface area contributed by atoms with Crippen LogP contribution in [-0.4, -0.2) is 85.4 Å². The van der Waals surface area contributed by atoms with Gasteiger partial charge in [0.1, 0.15) is 12.3 Å². The van der Waals surface area contributed by atoms with Crippen molar-refractivity contribution in [1.82, 2.24) is 14.5 Å². The van der Waals surface area contributed by atoms with Gasteiger partial charge in [0.25, 0.3) is 5.56 Å². The fraction of sp³-hybridized carbons (Fsp3) is 0.789. The van der Waals surface area contributed by atoms with Gasteiger partial charge in [0.15, 0.2) is 0 Å². The molecular weight excluding hydrogens is 426 g/mol. The molecule has 4 saturated heterocycles. The van der Waals surface area contributed by atoms with Crippen LogP contribution in [0.25, 0.3) is 0 Å². The molecule has 0 spiro atoms. The summed E-state index contributed by atoms with van der Waals surface area (Å²) in [7, 11) is -3.57. The molecular formula is C19H31N3O8Si. The van der Waals surface area contributed by atoms with Crippen LogP contribution in [0.3, 0.4) is 0 Å². The summed E-state index contributed by atoms with van der Waals surface area (Å²) in [6.07, 6.45) is -0.748. The maximum absolute atomic E-state index is 12.3. The van der Waals surface area contributed by atoms with E-state index in [2.05, 4.69) is 9.88 Å². The zero-order valence-electron chi connectivity index (χ0n) is 18.3. The molecule has 0 aliphatic carbocycles. The molecule has 0 aromatic carbocycles. The Morgan fingerprint density at radius 1 is 1.13 bits per heavy atom. The quantitative estimate of drug-likeness (QED) is 0.575. The van der Waals surface area contributed by atoms with Crippen LogP contribution in [-0.2, 0) is 22.4 Å². The van der Waals surface area contributed by atoms with E-state index in [4.69, 9.17) is 22.4 Å². The van der Waals surface area contributed by atoms with Crippen LogP contribution in [0.4, 0.5) is 0 Å². The van der Waals surface area contributed by atoms with Gasteiger partial charge < -0.3 is 27.5 Å². The summed E-state index contributed by atoms with van der Waals surface area (Å²) in [5, 5.41) is 9.91. The van der Waals surface area contributed by atoms with Crippen LogP contribution < -0.4 is 11.2 Å². The Morgan fingerprint density at radius 2 is 1.71 bits per heavy atom. The Balaban J connectivity index is 1.59. The van der Waals surface area contributed by atoms with Crippen LogP contribution in [0.15, 0.2) is 15.8 Å². The first-order chi connectivity index (χ1) is 14.7. The predicted molar refractivity (Wildman–Crippen MR) is 110 cm³/mol. The molecule has 0 amide bonds. The average Bonchev–Trinajstić information content (AvgIpc) is 3.04. The second-order valence-corrected chi connectivity index (χ2v) is 10.6. The summed E-state index contributed by atoms with van der Waals surface area (Å²) >= 11 is 0. The molecule has 0 radical (unpaired) electrons. The van der Waals surface area contributed by atoms with Crippen molar-refractivity contribution < 1.29 is 27.5 Å². The monoisotopic (exact) mass is 457 g/mol. The van der Waals surface area contributed by atoms with Gasteiger partial charge in [-0.15, -0.1) is 0 Å². The number of hydrogen-bond acceptors (Lipinski definition) is 9. The zero-order valence-corrected chi connectivity index (χ0v) is 19.3. The lowest BCUT2D eigenvalue weighted by Crippen LogP contribution is -2.64. The number of aromatic amines is 1. The number of H-pyrrole nitrogens is 1. The number of aliphatic hydroxyl groups excluding tert-OH is 1.